The van der Waals surface area contributed by atoms with Crippen LogP contribution in [0.15, 0.2) is 24.3 Å². The van der Waals surface area contributed by atoms with E-state index in [1.54, 1.807) is 0 Å². The Morgan fingerprint density at radius 2 is 1.88 bits per heavy atom. The van der Waals surface area contributed by atoms with Crippen LogP contribution < -0.4 is 0 Å². The van der Waals surface area contributed by atoms with E-state index in [1.165, 1.54) is 24.0 Å². The summed E-state index contributed by atoms with van der Waals surface area (Å²) >= 11 is 0. The van der Waals surface area contributed by atoms with E-state index < -0.39 is 0 Å². The summed E-state index contributed by atoms with van der Waals surface area (Å²) < 4.78 is 5.74. The minimum Gasteiger partial charge on any atom is -0.372 e. The van der Waals surface area contributed by atoms with Crippen LogP contribution in [-0.2, 0) is 4.74 Å². The normalized spacial score (nSPS) is 28.9. The highest BCUT2D eigenvalue weighted by molar-refractivity contribution is 5.36. The Hall–Kier alpha value is -1.33. The molecule has 0 aromatic heterocycles. The lowest BCUT2D eigenvalue weighted by Crippen LogP contribution is -2.07. The second kappa shape index (κ2) is 3.92. The highest BCUT2D eigenvalue weighted by Crippen LogP contribution is 2.45. The van der Waals surface area contributed by atoms with Crippen molar-refractivity contribution in [1.82, 2.24) is 0 Å². The van der Waals surface area contributed by atoms with Crippen molar-refractivity contribution in [3.8, 4) is 6.07 Å². The molecule has 0 N–H and O–H groups in total. The Bertz CT molecular complexity index is 431. The summed E-state index contributed by atoms with van der Waals surface area (Å²) in [4.78, 5) is 0. The molecule has 0 amide bonds. The van der Waals surface area contributed by atoms with E-state index in [2.05, 4.69) is 30.3 Å². The molecule has 2 nitrogen and oxygen atoms in total. The van der Waals surface area contributed by atoms with Crippen molar-refractivity contribution in [1.29, 1.82) is 5.26 Å². The first-order valence-corrected chi connectivity index (χ1v) is 6.00. The SMILES string of the molecule is N#CC1CCOC1c1ccccc1C1CC1. The second-order valence-corrected chi connectivity index (χ2v) is 4.72. The van der Waals surface area contributed by atoms with Gasteiger partial charge in [-0.3, -0.25) is 0 Å². The van der Waals surface area contributed by atoms with Gasteiger partial charge in [0.25, 0.3) is 0 Å². The zero-order valence-electron chi connectivity index (χ0n) is 9.23. The van der Waals surface area contributed by atoms with E-state index in [9.17, 15) is 0 Å². The van der Waals surface area contributed by atoms with E-state index in [-0.39, 0.29) is 12.0 Å². The Morgan fingerprint density at radius 1 is 1.12 bits per heavy atom. The molecule has 1 saturated heterocycles. The van der Waals surface area contributed by atoms with Gasteiger partial charge in [0.15, 0.2) is 0 Å². The van der Waals surface area contributed by atoms with Crippen molar-refractivity contribution in [3.63, 3.8) is 0 Å². The van der Waals surface area contributed by atoms with Gasteiger partial charge in [-0.25, -0.2) is 0 Å². The van der Waals surface area contributed by atoms with Crippen LogP contribution in [0.25, 0.3) is 0 Å². The standard InChI is InChI=1S/C14H15NO/c15-9-11-7-8-16-14(11)13-4-2-1-3-12(13)10-5-6-10/h1-4,10-11,14H,5-8H2. The summed E-state index contributed by atoms with van der Waals surface area (Å²) in [6.07, 6.45) is 3.48. The topological polar surface area (TPSA) is 33.0 Å². The van der Waals surface area contributed by atoms with Gasteiger partial charge in [-0.05, 0) is 36.3 Å². The maximum absolute atomic E-state index is 9.11. The highest BCUT2D eigenvalue weighted by Gasteiger charge is 2.34. The van der Waals surface area contributed by atoms with E-state index in [4.69, 9.17) is 10.00 Å². The lowest BCUT2D eigenvalue weighted by molar-refractivity contribution is 0.1000. The van der Waals surface area contributed by atoms with Crippen LogP contribution in [0.5, 0.6) is 0 Å². The Kier molecular flexibility index (Phi) is 2.41. The van der Waals surface area contributed by atoms with Gasteiger partial charge < -0.3 is 4.74 Å². The van der Waals surface area contributed by atoms with Gasteiger partial charge in [0.05, 0.1) is 18.1 Å². The number of benzene rings is 1. The van der Waals surface area contributed by atoms with E-state index >= 15 is 0 Å². The molecule has 16 heavy (non-hydrogen) atoms. The van der Waals surface area contributed by atoms with Crippen LogP contribution in [0.4, 0.5) is 0 Å². The van der Waals surface area contributed by atoms with Crippen LogP contribution in [-0.4, -0.2) is 6.61 Å². The summed E-state index contributed by atoms with van der Waals surface area (Å²) in [6, 6.07) is 10.8. The molecule has 2 atom stereocenters. The average molecular weight is 213 g/mol. The van der Waals surface area contributed by atoms with E-state index in [0.29, 0.717) is 0 Å². The fourth-order valence-corrected chi connectivity index (χ4v) is 2.56. The lowest BCUT2D eigenvalue weighted by atomic mass is 9.91. The highest BCUT2D eigenvalue weighted by atomic mass is 16.5. The third-order valence-corrected chi connectivity index (χ3v) is 3.58. The van der Waals surface area contributed by atoms with Crippen LogP contribution in [0.3, 0.4) is 0 Å². The van der Waals surface area contributed by atoms with Crippen molar-refractivity contribution in [2.75, 3.05) is 6.61 Å². The smallest absolute Gasteiger partial charge is 0.0986 e. The molecular weight excluding hydrogens is 198 g/mol. The summed E-state index contributed by atoms with van der Waals surface area (Å²) in [5.41, 5.74) is 2.67. The first kappa shape index (κ1) is 9.86. The van der Waals surface area contributed by atoms with E-state index in [0.717, 1.165) is 18.9 Å². The zero-order valence-corrected chi connectivity index (χ0v) is 9.23. The fraction of sp³-hybridized carbons (Fsp3) is 0.500. The summed E-state index contributed by atoms with van der Waals surface area (Å²) in [6.45, 7) is 0.724. The quantitative estimate of drug-likeness (QED) is 0.756. The molecule has 2 fully saturated rings. The summed E-state index contributed by atoms with van der Waals surface area (Å²) in [5, 5.41) is 9.11. The molecule has 1 saturated carbocycles. The number of hydrogen-bond donors (Lipinski definition) is 0. The molecule has 1 aromatic carbocycles. The van der Waals surface area contributed by atoms with Crippen LogP contribution in [0, 0.1) is 17.2 Å². The third-order valence-electron chi connectivity index (χ3n) is 3.58. The molecule has 1 aliphatic carbocycles. The Balaban J connectivity index is 1.96. The molecule has 82 valence electrons. The molecule has 0 radical (unpaired) electrons. The fourth-order valence-electron chi connectivity index (χ4n) is 2.56. The second-order valence-electron chi connectivity index (χ2n) is 4.72. The third kappa shape index (κ3) is 1.62. The van der Waals surface area contributed by atoms with Gasteiger partial charge in [-0.1, -0.05) is 24.3 Å². The molecule has 1 heterocycles. The van der Waals surface area contributed by atoms with Gasteiger partial charge in [0.1, 0.15) is 0 Å². The first-order chi connectivity index (χ1) is 7.90. The number of rotatable bonds is 2. The van der Waals surface area contributed by atoms with Gasteiger partial charge >= 0.3 is 0 Å². The largest absolute Gasteiger partial charge is 0.372 e. The van der Waals surface area contributed by atoms with Crippen LogP contribution in [0.2, 0.25) is 0 Å². The molecular formula is C14H15NO. The predicted octanol–water partition coefficient (Wildman–Crippen LogP) is 3.17. The zero-order chi connectivity index (χ0) is 11.0. The monoisotopic (exact) mass is 213 g/mol. The molecule has 1 aliphatic heterocycles. The van der Waals surface area contributed by atoms with Crippen LogP contribution in [0.1, 0.15) is 42.4 Å². The Labute approximate surface area is 95.8 Å². The summed E-state index contributed by atoms with van der Waals surface area (Å²) in [7, 11) is 0. The first-order valence-electron chi connectivity index (χ1n) is 6.00. The predicted molar refractivity (Wildman–Crippen MR) is 60.8 cm³/mol. The van der Waals surface area contributed by atoms with Gasteiger partial charge in [-0.2, -0.15) is 5.26 Å². The van der Waals surface area contributed by atoms with Crippen molar-refractivity contribution in [2.45, 2.75) is 31.3 Å². The molecule has 2 heteroatoms. The molecule has 2 aliphatic rings. The average Bonchev–Trinajstić information content (AvgIpc) is 3.07. The van der Waals surface area contributed by atoms with Crippen LogP contribution >= 0.6 is 0 Å². The molecule has 3 rings (SSSR count). The maximum atomic E-state index is 9.11. The van der Waals surface area contributed by atoms with Crippen molar-refractivity contribution in [2.24, 2.45) is 5.92 Å². The van der Waals surface area contributed by atoms with E-state index in [1.807, 2.05) is 0 Å². The number of nitrogens with zero attached hydrogens (tertiary/aromatic N) is 1. The lowest BCUT2D eigenvalue weighted by Gasteiger charge is -2.17. The molecule has 0 bridgehead atoms. The minimum absolute atomic E-state index is 0.0156. The number of nitriles is 1. The molecule has 2 unspecified atom stereocenters. The summed E-state index contributed by atoms with van der Waals surface area (Å²) in [5.74, 6) is 0.764. The Morgan fingerprint density at radius 3 is 2.56 bits per heavy atom. The van der Waals surface area contributed by atoms with Gasteiger partial charge in [-0.15, -0.1) is 0 Å². The van der Waals surface area contributed by atoms with Crippen molar-refractivity contribution in [3.05, 3.63) is 35.4 Å². The number of ether oxygens (including phenoxy) is 1. The maximum Gasteiger partial charge on any atom is 0.0986 e. The molecule has 1 aromatic rings. The van der Waals surface area contributed by atoms with Gasteiger partial charge in [0.2, 0.25) is 0 Å². The van der Waals surface area contributed by atoms with Crippen molar-refractivity contribution >= 4 is 0 Å². The molecule has 0 spiro atoms. The van der Waals surface area contributed by atoms with Gasteiger partial charge in [0, 0.05) is 6.61 Å². The van der Waals surface area contributed by atoms with Crippen molar-refractivity contribution < 1.29 is 4.74 Å². The minimum atomic E-state index is 0.0156. The number of hydrogen-bond acceptors (Lipinski definition) is 2.